The van der Waals surface area contributed by atoms with E-state index in [4.69, 9.17) is 5.11 Å². The van der Waals surface area contributed by atoms with Gasteiger partial charge >= 0.3 is 5.97 Å². The van der Waals surface area contributed by atoms with Crippen LogP contribution in [0, 0.1) is 0 Å². The molecule has 2 aromatic rings. The molecular weight excluding hydrogens is 330 g/mol. The van der Waals surface area contributed by atoms with Crippen molar-refractivity contribution >= 4 is 44.8 Å². The molecule has 0 bridgehead atoms. The first kappa shape index (κ1) is 14.1. The van der Waals surface area contributed by atoms with Gasteiger partial charge < -0.3 is 5.11 Å². The highest BCUT2D eigenvalue weighted by Crippen LogP contribution is 2.25. The number of thioether (sulfide) groups is 1. The maximum absolute atomic E-state index is 10.7. The van der Waals surface area contributed by atoms with Crippen LogP contribution < -0.4 is 0 Å². The quantitative estimate of drug-likeness (QED) is 0.668. The van der Waals surface area contributed by atoms with Gasteiger partial charge in [0.1, 0.15) is 5.52 Å². The fourth-order valence-electron chi connectivity index (χ4n) is 1.61. The van der Waals surface area contributed by atoms with Gasteiger partial charge in [0, 0.05) is 17.2 Å². The molecule has 0 aromatic carbocycles. The number of carboxylic acids is 1. The molecular formula is C12H12BrN3O2S. The highest BCUT2D eigenvalue weighted by atomic mass is 79.9. The highest BCUT2D eigenvalue weighted by Gasteiger charge is 2.14. The van der Waals surface area contributed by atoms with Crippen molar-refractivity contribution in [2.24, 2.45) is 0 Å². The molecule has 2 aromatic heterocycles. The van der Waals surface area contributed by atoms with E-state index in [9.17, 15) is 4.79 Å². The minimum Gasteiger partial charge on any atom is -0.481 e. The molecule has 2 rings (SSSR count). The van der Waals surface area contributed by atoms with Crippen molar-refractivity contribution in [1.29, 1.82) is 0 Å². The summed E-state index contributed by atoms with van der Waals surface area (Å²) in [6, 6.07) is 1.86. The molecule has 0 aliphatic carbocycles. The van der Waals surface area contributed by atoms with Crippen LogP contribution in [-0.4, -0.2) is 31.4 Å². The predicted molar refractivity (Wildman–Crippen MR) is 78.4 cm³/mol. The molecule has 7 heteroatoms. The largest absolute Gasteiger partial charge is 0.481 e. The first-order chi connectivity index (χ1) is 8.97. The van der Waals surface area contributed by atoms with Crippen LogP contribution in [0.2, 0.25) is 0 Å². The maximum atomic E-state index is 10.7. The Balaban J connectivity index is 2.47. The summed E-state index contributed by atoms with van der Waals surface area (Å²) in [6.45, 7) is 6.37. The van der Waals surface area contributed by atoms with Crippen LogP contribution in [0.15, 0.2) is 34.0 Å². The third-order valence-electron chi connectivity index (χ3n) is 2.27. The zero-order chi connectivity index (χ0) is 14.0. The Morgan fingerprint density at radius 1 is 1.63 bits per heavy atom. The monoisotopic (exact) mass is 341 g/mol. The van der Waals surface area contributed by atoms with Gasteiger partial charge in [-0.15, -0.1) is 0 Å². The summed E-state index contributed by atoms with van der Waals surface area (Å²) >= 11 is 4.53. The number of allylic oxidation sites excluding steroid dienone is 1. The van der Waals surface area contributed by atoms with E-state index in [1.54, 1.807) is 6.20 Å². The third kappa shape index (κ3) is 3.36. The van der Waals surface area contributed by atoms with Crippen LogP contribution in [0.5, 0.6) is 0 Å². The van der Waals surface area contributed by atoms with Crippen molar-refractivity contribution in [3.05, 3.63) is 28.9 Å². The van der Waals surface area contributed by atoms with Gasteiger partial charge in [0.15, 0.2) is 10.8 Å². The van der Waals surface area contributed by atoms with E-state index in [0.717, 1.165) is 21.2 Å². The first-order valence-corrected chi connectivity index (χ1v) is 7.26. The zero-order valence-electron chi connectivity index (χ0n) is 10.3. The Hall–Kier alpha value is -1.34. The van der Waals surface area contributed by atoms with Crippen LogP contribution in [-0.2, 0) is 11.3 Å². The second-order valence-corrected chi connectivity index (χ2v) is 5.97. The number of rotatable bonds is 5. The number of imidazole rings is 1. The van der Waals surface area contributed by atoms with Crippen molar-refractivity contribution < 1.29 is 9.90 Å². The predicted octanol–water partition coefficient (Wildman–Crippen LogP) is 2.95. The van der Waals surface area contributed by atoms with Gasteiger partial charge in [-0.1, -0.05) is 23.9 Å². The normalized spacial score (nSPS) is 10.8. The fraction of sp³-hybridized carbons (Fsp3) is 0.250. The lowest BCUT2D eigenvalue weighted by Gasteiger charge is -2.06. The van der Waals surface area contributed by atoms with Crippen molar-refractivity contribution in [3.8, 4) is 0 Å². The lowest BCUT2D eigenvalue weighted by atomic mass is 10.3. The van der Waals surface area contributed by atoms with Gasteiger partial charge in [0.2, 0.25) is 0 Å². The summed E-state index contributed by atoms with van der Waals surface area (Å²) in [5.41, 5.74) is 2.43. The molecule has 0 spiro atoms. The minimum absolute atomic E-state index is 0.0271. The topological polar surface area (TPSA) is 68.0 Å². The molecule has 5 nitrogen and oxygen atoms in total. The molecule has 0 amide bonds. The van der Waals surface area contributed by atoms with Crippen molar-refractivity contribution in [2.45, 2.75) is 18.6 Å². The average molecular weight is 342 g/mol. The molecule has 0 radical (unpaired) electrons. The van der Waals surface area contributed by atoms with Gasteiger partial charge in [0.25, 0.3) is 0 Å². The molecule has 0 saturated carbocycles. The Labute approximate surface area is 122 Å². The number of carboxylic acid groups (broad SMARTS) is 1. The summed E-state index contributed by atoms with van der Waals surface area (Å²) in [6.07, 6.45) is 1.70. The summed E-state index contributed by atoms with van der Waals surface area (Å²) in [5, 5.41) is 9.41. The minimum atomic E-state index is -0.868. The van der Waals surface area contributed by atoms with E-state index in [2.05, 4.69) is 32.5 Å². The molecule has 100 valence electrons. The summed E-state index contributed by atoms with van der Waals surface area (Å²) < 4.78 is 2.73. The second kappa shape index (κ2) is 5.75. The maximum Gasteiger partial charge on any atom is 0.313 e. The number of carbonyl (C=O) groups is 1. The molecule has 0 fully saturated rings. The molecule has 0 saturated heterocycles. The Kier molecular flexibility index (Phi) is 4.26. The number of halogens is 1. The van der Waals surface area contributed by atoms with E-state index in [-0.39, 0.29) is 5.75 Å². The van der Waals surface area contributed by atoms with E-state index in [1.165, 1.54) is 11.8 Å². The second-order valence-electron chi connectivity index (χ2n) is 4.12. The van der Waals surface area contributed by atoms with E-state index in [1.807, 2.05) is 17.6 Å². The van der Waals surface area contributed by atoms with Gasteiger partial charge in [-0.05, 0) is 28.9 Å². The standard InChI is InChI=1S/C12H12BrN3O2S/c1-7(2)5-16-11-9(3-8(13)4-14-11)15-12(16)19-6-10(17)18/h3-4H,1,5-6H2,2H3,(H,17,18). The number of nitrogens with zero attached hydrogens (tertiary/aromatic N) is 3. The van der Waals surface area contributed by atoms with Gasteiger partial charge in [-0.25, -0.2) is 9.97 Å². The molecule has 0 atom stereocenters. The van der Waals surface area contributed by atoms with Crippen LogP contribution in [0.1, 0.15) is 6.92 Å². The average Bonchev–Trinajstić information content (AvgIpc) is 2.63. The number of pyridine rings is 1. The first-order valence-electron chi connectivity index (χ1n) is 5.48. The number of hydrogen-bond acceptors (Lipinski definition) is 4. The van der Waals surface area contributed by atoms with Gasteiger partial charge in [-0.3, -0.25) is 9.36 Å². The van der Waals surface area contributed by atoms with Crippen LogP contribution in [0.3, 0.4) is 0 Å². The van der Waals surface area contributed by atoms with Crippen LogP contribution >= 0.6 is 27.7 Å². The van der Waals surface area contributed by atoms with Crippen molar-refractivity contribution in [3.63, 3.8) is 0 Å². The van der Waals surface area contributed by atoms with E-state index < -0.39 is 5.97 Å². The highest BCUT2D eigenvalue weighted by molar-refractivity contribution is 9.10. The number of aromatic nitrogens is 3. The number of aliphatic carboxylic acids is 1. The van der Waals surface area contributed by atoms with Crippen LogP contribution in [0.4, 0.5) is 0 Å². The van der Waals surface area contributed by atoms with E-state index in [0.29, 0.717) is 11.7 Å². The van der Waals surface area contributed by atoms with Gasteiger partial charge in [0.05, 0.1) is 5.75 Å². The summed E-state index contributed by atoms with van der Waals surface area (Å²) in [4.78, 5) is 19.4. The van der Waals surface area contributed by atoms with Gasteiger partial charge in [-0.2, -0.15) is 0 Å². The zero-order valence-corrected chi connectivity index (χ0v) is 12.7. The third-order valence-corrected chi connectivity index (χ3v) is 3.66. The van der Waals surface area contributed by atoms with Crippen molar-refractivity contribution in [1.82, 2.24) is 14.5 Å². The number of hydrogen-bond donors (Lipinski definition) is 1. The molecule has 0 aliphatic rings. The van der Waals surface area contributed by atoms with Crippen molar-refractivity contribution in [2.75, 3.05) is 5.75 Å². The molecule has 2 heterocycles. The fourth-order valence-corrected chi connectivity index (χ4v) is 2.66. The summed E-state index contributed by atoms with van der Waals surface area (Å²) in [7, 11) is 0. The molecule has 0 unspecified atom stereocenters. The smallest absolute Gasteiger partial charge is 0.313 e. The Bertz CT molecular complexity index is 654. The summed E-state index contributed by atoms with van der Waals surface area (Å²) in [5.74, 6) is -0.895. The molecule has 19 heavy (non-hydrogen) atoms. The Morgan fingerprint density at radius 2 is 2.37 bits per heavy atom. The lowest BCUT2D eigenvalue weighted by molar-refractivity contribution is -0.133. The lowest BCUT2D eigenvalue weighted by Crippen LogP contribution is -2.04. The van der Waals surface area contributed by atoms with Crippen LogP contribution in [0.25, 0.3) is 11.2 Å². The molecule has 0 aliphatic heterocycles. The number of fused-ring (bicyclic) bond motifs is 1. The molecule has 1 N–H and O–H groups in total. The Morgan fingerprint density at radius 3 is 3.00 bits per heavy atom. The van der Waals surface area contributed by atoms with E-state index >= 15 is 0 Å². The SMILES string of the molecule is C=C(C)Cn1c(SCC(=O)O)nc2cc(Br)cnc21.